The smallest absolute Gasteiger partial charge is 0.328 e. The van der Waals surface area contributed by atoms with Crippen LogP contribution in [0.3, 0.4) is 0 Å². The number of benzene rings is 1. The average molecular weight is 382 g/mol. The van der Waals surface area contributed by atoms with Gasteiger partial charge in [0.1, 0.15) is 6.54 Å². The van der Waals surface area contributed by atoms with E-state index in [1.54, 1.807) is 27.9 Å². The zero-order chi connectivity index (χ0) is 19.7. The van der Waals surface area contributed by atoms with Gasteiger partial charge in [0, 0.05) is 39.3 Å². The minimum Gasteiger partial charge on any atom is -0.350 e. The molecule has 4 rings (SSSR count). The number of carbonyl (C=O) groups excluding carboxylic acids is 1. The standard InChI is InChI=1S/C20H26N6O2/c1-24-17-6-5-14(10-18(17)25(2)20(24)28)11-22-19(27)13-26-9-7-16(23-26)15-4-3-8-21-12-15/h5-7,9-10,15,21H,3-4,8,11-13H2,1-2H3,(H,22,27)/t15-/m1/s1. The van der Waals surface area contributed by atoms with Crippen molar-refractivity contribution in [3.8, 4) is 0 Å². The van der Waals surface area contributed by atoms with Gasteiger partial charge in [0.15, 0.2) is 0 Å². The Balaban J connectivity index is 1.37. The molecule has 1 aromatic carbocycles. The number of amides is 1. The number of hydrogen-bond donors (Lipinski definition) is 2. The summed E-state index contributed by atoms with van der Waals surface area (Å²) in [4.78, 5) is 24.3. The molecule has 0 unspecified atom stereocenters. The third-order valence-electron chi connectivity index (χ3n) is 5.51. The Bertz CT molecular complexity index is 1050. The van der Waals surface area contributed by atoms with Crippen molar-refractivity contribution in [3.05, 3.63) is 52.2 Å². The first kappa shape index (κ1) is 18.5. The molecule has 28 heavy (non-hydrogen) atoms. The molecule has 1 amide bonds. The van der Waals surface area contributed by atoms with E-state index in [0.717, 1.165) is 48.2 Å². The van der Waals surface area contributed by atoms with E-state index in [9.17, 15) is 9.59 Å². The maximum absolute atomic E-state index is 12.3. The normalized spacial score (nSPS) is 17.1. The summed E-state index contributed by atoms with van der Waals surface area (Å²) in [7, 11) is 3.51. The van der Waals surface area contributed by atoms with E-state index >= 15 is 0 Å². The molecule has 1 saturated heterocycles. The maximum Gasteiger partial charge on any atom is 0.328 e. The highest BCUT2D eigenvalue weighted by atomic mass is 16.2. The summed E-state index contributed by atoms with van der Waals surface area (Å²) < 4.78 is 4.93. The summed E-state index contributed by atoms with van der Waals surface area (Å²) in [6.45, 7) is 2.64. The summed E-state index contributed by atoms with van der Waals surface area (Å²) >= 11 is 0. The van der Waals surface area contributed by atoms with Crippen molar-refractivity contribution in [3.63, 3.8) is 0 Å². The lowest BCUT2D eigenvalue weighted by Gasteiger charge is -2.20. The molecule has 8 heteroatoms. The number of fused-ring (bicyclic) bond motifs is 1. The molecule has 2 N–H and O–H groups in total. The van der Waals surface area contributed by atoms with Gasteiger partial charge in [0.2, 0.25) is 5.91 Å². The molecule has 0 radical (unpaired) electrons. The Morgan fingerprint density at radius 2 is 2.07 bits per heavy atom. The van der Waals surface area contributed by atoms with E-state index in [4.69, 9.17) is 0 Å². The lowest BCUT2D eigenvalue weighted by atomic mass is 9.97. The van der Waals surface area contributed by atoms with Gasteiger partial charge in [-0.25, -0.2) is 4.79 Å². The number of nitrogens with one attached hydrogen (secondary N) is 2. The summed E-state index contributed by atoms with van der Waals surface area (Å²) in [6.07, 6.45) is 4.17. The van der Waals surface area contributed by atoms with Crippen LogP contribution in [0.1, 0.15) is 30.0 Å². The van der Waals surface area contributed by atoms with Gasteiger partial charge in [-0.15, -0.1) is 0 Å². The van der Waals surface area contributed by atoms with E-state index in [-0.39, 0.29) is 18.1 Å². The number of carbonyl (C=O) groups is 1. The predicted molar refractivity (Wildman–Crippen MR) is 107 cm³/mol. The summed E-state index contributed by atoms with van der Waals surface area (Å²) in [6, 6.07) is 7.80. The maximum atomic E-state index is 12.3. The Hall–Kier alpha value is -2.87. The van der Waals surface area contributed by atoms with Gasteiger partial charge in [0.25, 0.3) is 0 Å². The van der Waals surface area contributed by atoms with Crippen molar-refractivity contribution in [1.29, 1.82) is 0 Å². The highest BCUT2D eigenvalue weighted by molar-refractivity contribution is 5.78. The third-order valence-corrected chi connectivity index (χ3v) is 5.51. The number of aryl methyl sites for hydroxylation is 2. The zero-order valence-electron chi connectivity index (χ0n) is 16.3. The van der Waals surface area contributed by atoms with Crippen molar-refractivity contribution in [2.45, 2.75) is 31.8 Å². The van der Waals surface area contributed by atoms with Crippen LogP contribution >= 0.6 is 0 Å². The first-order valence-electron chi connectivity index (χ1n) is 9.68. The lowest BCUT2D eigenvalue weighted by Crippen LogP contribution is -2.29. The molecule has 148 valence electrons. The van der Waals surface area contributed by atoms with E-state index in [1.807, 2.05) is 30.5 Å². The largest absolute Gasteiger partial charge is 0.350 e. The first-order chi connectivity index (χ1) is 13.5. The second-order valence-electron chi connectivity index (χ2n) is 7.48. The molecule has 1 aliphatic rings. The van der Waals surface area contributed by atoms with Gasteiger partial charge in [-0.05, 0) is 43.1 Å². The highest BCUT2D eigenvalue weighted by Crippen LogP contribution is 2.21. The number of imidazole rings is 1. The molecule has 3 heterocycles. The number of rotatable bonds is 5. The van der Waals surface area contributed by atoms with Gasteiger partial charge in [0.05, 0.1) is 16.7 Å². The molecule has 1 aliphatic heterocycles. The van der Waals surface area contributed by atoms with Crippen LogP contribution in [0.25, 0.3) is 11.0 Å². The molecule has 0 spiro atoms. The van der Waals surface area contributed by atoms with Gasteiger partial charge < -0.3 is 10.6 Å². The Morgan fingerprint density at radius 1 is 1.25 bits per heavy atom. The molecule has 0 saturated carbocycles. The lowest BCUT2D eigenvalue weighted by molar-refractivity contribution is -0.122. The topological polar surface area (TPSA) is 85.9 Å². The number of aromatic nitrogens is 4. The molecule has 0 bridgehead atoms. The zero-order valence-corrected chi connectivity index (χ0v) is 16.3. The second kappa shape index (κ2) is 7.63. The quantitative estimate of drug-likeness (QED) is 0.685. The van der Waals surface area contributed by atoms with Gasteiger partial charge in [-0.3, -0.25) is 18.6 Å². The molecule has 2 aromatic heterocycles. The summed E-state index contributed by atoms with van der Waals surface area (Å²) in [5, 5.41) is 10.9. The molecular weight excluding hydrogens is 356 g/mol. The fourth-order valence-electron chi connectivity index (χ4n) is 3.85. The van der Waals surface area contributed by atoms with Crippen molar-refractivity contribution >= 4 is 16.9 Å². The van der Waals surface area contributed by atoms with Crippen molar-refractivity contribution in [1.82, 2.24) is 29.5 Å². The Morgan fingerprint density at radius 3 is 2.86 bits per heavy atom. The summed E-state index contributed by atoms with van der Waals surface area (Å²) in [5.74, 6) is 0.348. The van der Waals surface area contributed by atoms with Gasteiger partial charge in [-0.2, -0.15) is 5.10 Å². The van der Waals surface area contributed by atoms with Crippen LogP contribution < -0.4 is 16.3 Å². The second-order valence-corrected chi connectivity index (χ2v) is 7.48. The van der Waals surface area contributed by atoms with Crippen LogP contribution in [0, 0.1) is 0 Å². The number of nitrogens with zero attached hydrogens (tertiary/aromatic N) is 4. The summed E-state index contributed by atoms with van der Waals surface area (Å²) in [5.41, 5.74) is 3.69. The number of hydrogen-bond acceptors (Lipinski definition) is 4. The first-order valence-corrected chi connectivity index (χ1v) is 9.68. The molecule has 8 nitrogen and oxygen atoms in total. The molecule has 1 fully saturated rings. The molecular formula is C20H26N6O2. The van der Waals surface area contributed by atoms with Gasteiger partial charge >= 0.3 is 5.69 Å². The van der Waals surface area contributed by atoms with E-state index < -0.39 is 0 Å². The molecule has 3 aromatic rings. The minimum absolute atomic E-state index is 0.0566. The highest BCUT2D eigenvalue weighted by Gasteiger charge is 2.18. The molecule has 1 atom stereocenters. The fourth-order valence-corrected chi connectivity index (χ4v) is 3.85. The SMILES string of the molecule is Cn1c(=O)n(C)c2cc(CNC(=O)Cn3ccc([C@@H]4CCCNC4)n3)ccc21. The minimum atomic E-state index is -0.0848. The Kier molecular flexibility index (Phi) is 5.04. The molecule has 0 aliphatic carbocycles. The van der Waals surface area contributed by atoms with Crippen molar-refractivity contribution in [2.75, 3.05) is 13.1 Å². The van der Waals surface area contributed by atoms with Crippen LogP contribution in [0.5, 0.6) is 0 Å². The monoisotopic (exact) mass is 382 g/mol. The predicted octanol–water partition coefficient (Wildman–Crippen LogP) is 0.857. The van der Waals surface area contributed by atoms with Crippen LogP contribution in [-0.2, 0) is 32.0 Å². The number of piperidine rings is 1. The van der Waals surface area contributed by atoms with E-state index in [2.05, 4.69) is 15.7 Å². The van der Waals surface area contributed by atoms with Crippen LogP contribution in [0.4, 0.5) is 0 Å². The fraction of sp³-hybridized carbons (Fsp3) is 0.450. The third kappa shape index (κ3) is 3.60. The van der Waals surface area contributed by atoms with Gasteiger partial charge in [-0.1, -0.05) is 6.07 Å². The van der Waals surface area contributed by atoms with Crippen molar-refractivity contribution < 1.29 is 4.79 Å². The Labute approximate surface area is 163 Å². The van der Waals surface area contributed by atoms with Crippen molar-refractivity contribution in [2.24, 2.45) is 14.1 Å². The van der Waals surface area contributed by atoms with E-state index in [1.165, 1.54) is 0 Å². The van der Waals surface area contributed by atoms with Crippen LogP contribution in [-0.4, -0.2) is 37.9 Å². The average Bonchev–Trinajstić information content (AvgIpc) is 3.26. The van der Waals surface area contributed by atoms with E-state index in [0.29, 0.717) is 12.5 Å². The van der Waals surface area contributed by atoms with Crippen LogP contribution in [0.2, 0.25) is 0 Å². The van der Waals surface area contributed by atoms with Crippen LogP contribution in [0.15, 0.2) is 35.3 Å².